The van der Waals surface area contributed by atoms with Crippen molar-refractivity contribution in [3.05, 3.63) is 132 Å². The summed E-state index contributed by atoms with van der Waals surface area (Å²) in [5, 5.41) is 6.23. The Bertz CT molecular complexity index is 1110. The highest BCUT2D eigenvalue weighted by atomic mass is 19.1. The molecule has 0 aliphatic carbocycles. The number of nitrogens with one attached hydrogen (secondary N) is 2. The van der Waals surface area contributed by atoms with Crippen molar-refractivity contribution in [2.75, 3.05) is 10.6 Å². The zero-order chi connectivity index (χ0) is 21.7. The van der Waals surface area contributed by atoms with Gasteiger partial charge in [-0.3, -0.25) is 4.79 Å². The number of rotatable bonds is 6. The predicted octanol–water partition coefficient (Wildman–Crippen LogP) is 5.96. The third-order valence-corrected chi connectivity index (χ3v) is 5.03. The van der Waals surface area contributed by atoms with Crippen LogP contribution in [0.1, 0.15) is 11.1 Å². The minimum atomic E-state index is -1.32. The molecule has 4 rings (SSSR count). The van der Waals surface area contributed by atoms with Crippen LogP contribution in [-0.4, -0.2) is 5.91 Å². The van der Waals surface area contributed by atoms with E-state index >= 15 is 0 Å². The van der Waals surface area contributed by atoms with Crippen molar-refractivity contribution in [3.8, 4) is 0 Å². The van der Waals surface area contributed by atoms with Crippen molar-refractivity contribution >= 4 is 17.3 Å². The summed E-state index contributed by atoms with van der Waals surface area (Å²) in [4.78, 5) is 13.9. The van der Waals surface area contributed by atoms with Crippen LogP contribution in [-0.2, 0) is 10.3 Å². The fraction of sp³-hybridized carbons (Fsp3) is 0.0385. The van der Waals surface area contributed by atoms with E-state index in [9.17, 15) is 13.6 Å². The first kappa shape index (κ1) is 20.3. The van der Waals surface area contributed by atoms with Gasteiger partial charge in [0.2, 0.25) is 0 Å². The fourth-order valence-electron chi connectivity index (χ4n) is 3.51. The van der Waals surface area contributed by atoms with Crippen LogP contribution in [0.5, 0.6) is 0 Å². The maximum atomic E-state index is 13.9. The monoisotopic (exact) mass is 414 g/mol. The Kier molecular flexibility index (Phi) is 5.76. The normalized spacial score (nSPS) is 11.0. The van der Waals surface area contributed by atoms with Gasteiger partial charge in [-0.2, -0.15) is 0 Å². The second-order valence-corrected chi connectivity index (χ2v) is 7.07. The zero-order valence-electron chi connectivity index (χ0n) is 16.6. The zero-order valence-corrected chi connectivity index (χ0v) is 16.6. The van der Waals surface area contributed by atoms with Crippen LogP contribution in [0.2, 0.25) is 0 Å². The Hall–Kier alpha value is -3.99. The number of hydrogen-bond donors (Lipinski definition) is 2. The molecule has 0 fully saturated rings. The standard InChI is InChI=1S/C26H20F2N2O/c27-21-11-15-23(16-12-21)29-25(31)26(19-7-3-1-4-8-19,20-9-5-2-6-10-20)30-24-17-13-22(28)14-18-24/h1-18,30H,(H,29,31). The van der Waals surface area contributed by atoms with Crippen molar-refractivity contribution in [2.45, 2.75) is 5.54 Å². The third-order valence-electron chi connectivity index (χ3n) is 5.03. The molecule has 0 aliphatic heterocycles. The Labute approximate surface area is 179 Å². The van der Waals surface area contributed by atoms with Crippen LogP contribution >= 0.6 is 0 Å². The van der Waals surface area contributed by atoms with Crippen LogP contribution in [0.25, 0.3) is 0 Å². The molecular formula is C26H20F2N2O. The molecule has 3 nitrogen and oxygen atoms in total. The largest absolute Gasteiger partial charge is 0.364 e. The summed E-state index contributed by atoms with van der Waals surface area (Å²) in [7, 11) is 0. The molecule has 0 aliphatic rings. The molecule has 154 valence electrons. The van der Waals surface area contributed by atoms with E-state index in [1.54, 1.807) is 12.1 Å². The van der Waals surface area contributed by atoms with Gasteiger partial charge in [-0.05, 0) is 59.7 Å². The lowest BCUT2D eigenvalue weighted by Crippen LogP contribution is -2.48. The smallest absolute Gasteiger partial charge is 0.259 e. The molecular weight excluding hydrogens is 394 g/mol. The maximum absolute atomic E-state index is 13.9. The molecule has 2 N–H and O–H groups in total. The Morgan fingerprint density at radius 3 is 1.45 bits per heavy atom. The number of amides is 1. The lowest BCUT2D eigenvalue weighted by Gasteiger charge is -2.35. The number of benzene rings is 4. The minimum Gasteiger partial charge on any atom is -0.364 e. The van der Waals surface area contributed by atoms with E-state index in [0.717, 1.165) is 0 Å². The second-order valence-electron chi connectivity index (χ2n) is 7.07. The molecule has 1 amide bonds. The summed E-state index contributed by atoms with van der Waals surface area (Å²) in [6.07, 6.45) is 0. The molecule has 0 atom stereocenters. The molecule has 31 heavy (non-hydrogen) atoms. The molecule has 0 heterocycles. The van der Waals surface area contributed by atoms with E-state index in [2.05, 4.69) is 10.6 Å². The quantitative estimate of drug-likeness (QED) is 0.409. The number of anilines is 2. The summed E-state index contributed by atoms with van der Waals surface area (Å²) in [5.41, 5.74) is 1.11. The van der Waals surface area contributed by atoms with Crippen molar-refractivity contribution in [1.82, 2.24) is 0 Å². The maximum Gasteiger partial charge on any atom is 0.259 e. The van der Waals surface area contributed by atoms with E-state index in [1.165, 1.54) is 36.4 Å². The lowest BCUT2D eigenvalue weighted by atomic mass is 9.81. The molecule has 0 saturated carbocycles. The molecule has 0 radical (unpaired) electrons. The van der Waals surface area contributed by atoms with Crippen molar-refractivity contribution in [2.24, 2.45) is 0 Å². The summed E-state index contributed by atoms with van der Waals surface area (Å²) in [6.45, 7) is 0. The number of halogens is 2. The van der Waals surface area contributed by atoms with Gasteiger partial charge in [-0.1, -0.05) is 60.7 Å². The SMILES string of the molecule is O=C(Nc1ccc(F)cc1)C(Nc1ccc(F)cc1)(c1ccccc1)c1ccccc1. The van der Waals surface area contributed by atoms with Gasteiger partial charge in [0, 0.05) is 11.4 Å². The van der Waals surface area contributed by atoms with E-state index in [0.29, 0.717) is 22.5 Å². The van der Waals surface area contributed by atoms with Gasteiger partial charge in [0.05, 0.1) is 0 Å². The van der Waals surface area contributed by atoms with Gasteiger partial charge in [0.25, 0.3) is 5.91 Å². The average molecular weight is 414 g/mol. The summed E-state index contributed by atoms with van der Waals surface area (Å²) < 4.78 is 26.9. The van der Waals surface area contributed by atoms with E-state index in [-0.39, 0.29) is 17.5 Å². The molecule has 4 aromatic carbocycles. The third kappa shape index (κ3) is 4.31. The lowest BCUT2D eigenvalue weighted by molar-refractivity contribution is -0.119. The molecule has 4 aromatic rings. The van der Waals surface area contributed by atoms with Crippen LogP contribution in [0, 0.1) is 11.6 Å². The first-order chi connectivity index (χ1) is 15.1. The summed E-state index contributed by atoms with van der Waals surface area (Å²) >= 11 is 0. The van der Waals surface area contributed by atoms with Gasteiger partial charge < -0.3 is 10.6 Å². The topological polar surface area (TPSA) is 41.1 Å². The van der Waals surface area contributed by atoms with Gasteiger partial charge >= 0.3 is 0 Å². The number of carbonyl (C=O) groups excluding carboxylic acids is 1. The second kappa shape index (κ2) is 8.79. The fourth-order valence-corrected chi connectivity index (χ4v) is 3.51. The minimum absolute atomic E-state index is 0.360. The molecule has 0 unspecified atom stereocenters. The number of hydrogen-bond acceptors (Lipinski definition) is 2. The Morgan fingerprint density at radius 2 is 1.00 bits per heavy atom. The van der Waals surface area contributed by atoms with Gasteiger partial charge in [0.1, 0.15) is 11.6 Å². The van der Waals surface area contributed by atoms with E-state index in [4.69, 9.17) is 0 Å². The first-order valence-electron chi connectivity index (χ1n) is 9.80. The van der Waals surface area contributed by atoms with Crippen LogP contribution in [0.4, 0.5) is 20.2 Å². The summed E-state index contributed by atoms with van der Waals surface area (Å²) in [5.74, 6) is -1.12. The van der Waals surface area contributed by atoms with Crippen molar-refractivity contribution < 1.29 is 13.6 Å². The molecule has 0 saturated heterocycles. The van der Waals surface area contributed by atoms with E-state index < -0.39 is 5.54 Å². The Morgan fingerprint density at radius 1 is 0.581 bits per heavy atom. The van der Waals surface area contributed by atoms with Gasteiger partial charge in [0.15, 0.2) is 5.54 Å². The molecule has 0 bridgehead atoms. The van der Waals surface area contributed by atoms with Crippen molar-refractivity contribution in [1.29, 1.82) is 0 Å². The molecule has 0 aromatic heterocycles. The first-order valence-corrected chi connectivity index (χ1v) is 9.80. The summed E-state index contributed by atoms with van der Waals surface area (Å²) in [6, 6.07) is 30.0. The van der Waals surface area contributed by atoms with Crippen LogP contribution in [0.15, 0.2) is 109 Å². The molecule has 5 heteroatoms. The average Bonchev–Trinajstić information content (AvgIpc) is 2.81. The predicted molar refractivity (Wildman–Crippen MR) is 119 cm³/mol. The number of carbonyl (C=O) groups is 1. The van der Waals surface area contributed by atoms with Crippen LogP contribution < -0.4 is 10.6 Å². The molecule has 0 spiro atoms. The Balaban J connectivity index is 1.87. The highest BCUT2D eigenvalue weighted by Crippen LogP contribution is 2.35. The van der Waals surface area contributed by atoms with Gasteiger partial charge in [-0.25, -0.2) is 8.78 Å². The highest BCUT2D eigenvalue weighted by molar-refractivity contribution is 6.03. The van der Waals surface area contributed by atoms with Crippen LogP contribution in [0.3, 0.4) is 0 Å². The highest BCUT2D eigenvalue weighted by Gasteiger charge is 2.42. The van der Waals surface area contributed by atoms with Gasteiger partial charge in [-0.15, -0.1) is 0 Å². The van der Waals surface area contributed by atoms with Crippen molar-refractivity contribution in [3.63, 3.8) is 0 Å². The van der Waals surface area contributed by atoms with E-state index in [1.807, 2.05) is 60.7 Å².